The number of thiophene rings is 1. The van der Waals surface area contributed by atoms with Gasteiger partial charge in [0.25, 0.3) is 5.56 Å². The van der Waals surface area contributed by atoms with E-state index in [1.807, 2.05) is 16.8 Å². The Morgan fingerprint density at radius 1 is 1.03 bits per heavy atom. The first-order chi connectivity index (χ1) is 18.7. The number of carbonyl (C=O) groups is 3. The number of hydrogen-bond donors (Lipinski definition) is 1. The molecule has 2 heterocycles. The maximum Gasteiger partial charge on any atom is 0.337 e. The molecule has 0 aliphatic rings. The summed E-state index contributed by atoms with van der Waals surface area (Å²) in [5, 5.41) is 7.03. The van der Waals surface area contributed by atoms with Crippen molar-refractivity contribution in [2.45, 2.75) is 19.4 Å². The van der Waals surface area contributed by atoms with Crippen LogP contribution in [0.3, 0.4) is 0 Å². The summed E-state index contributed by atoms with van der Waals surface area (Å²) in [6.45, 7) is 1.43. The van der Waals surface area contributed by atoms with Gasteiger partial charge in [-0.1, -0.05) is 11.6 Å². The highest BCUT2D eigenvalue weighted by molar-refractivity contribution is 7.07. The van der Waals surface area contributed by atoms with E-state index in [4.69, 9.17) is 21.1 Å². The molecule has 2 aromatic carbocycles. The number of ketones is 1. The summed E-state index contributed by atoms with van der Waals surface area (Å²) in [6, 6.07) is 13.4. The van der Waals surface area contributed by atoms with Gasteiger partial charge < -0.3 is 14.8 Å². The monoisotopic (exact) mass is 564 g/mol. The number of amides is 1. The average molecular weight is 565 g/mol. The smallest absolute Gasteiger partial charge is 0.337 e. The summed E-state index contributed by atoms with van der Waals surface area (Å²) in [7, 11) is 2.74. The Labute approximate surface area is 233 Å². The van der Waals surface area contributed by atoms with E-state index in [2.05, 4.69) is 5.32 Å². The molecule has 4 rings (SSSR count). The molecule has 4 aromatic rings. The third-order valence-electron chi connectivity index (χ3n) is 6.14. The zero-order chi connectivity index (χ0) is 28.1. The fraction of sp³-hybridized carbons (Fsp3) is 0.172. The van der Waals surface area contributed by atoms with Crippen LogP contribution in [0.15, 0.2) is 76.3 Å². The number of esters is 1. The van der Waals surface area contributed by atoms with Gasteiger partial charge in [0.2, 0.25) is 5.91 Å². The van der Waals surface area contributed by atoms with Crippen LogP contribution < -0.4 is 15.6 Å². The number of ether oxygens (including phenoxy) is 2. The molecule has 0 saturated carbocycles. The molecule has 0 aliphatic heterocycles. The number of Topliss-reactive ketones (excluding diaryl/α,β-unsaturated/α-hetero) is 1. The molecular formula is C29H25ClN2O6S. The van der Waals surface area contributed by atoms with Gasteiger partial charge in [0.05, 0.1) is 26.0 Å². The Morgan fingerprint density at radius 2 is 1.77 bits per heavy atom. The second kappa shape index (κ2) is 12.1. The van der Waals surface area contributed by atoms with Gasteiger partial charge in [0.1, 0.15) is 11.8 Å². The molecule has 39 heavy (non-hydrogen) atoms. The van der Waals surface area contributed by atoms with Gasteiger partial charge in [-0.2, -0.15) is 11.3 Å². The standard InChI is InChI=1S/C29H25ClN2O6S/c1-17(33)22-9-6-20(30)13-23(22)24-14-27(34)32(15-26(24)37-2)25(12-18-10-11-39-16-18)28(35)31-21-7-4-19(5-8-21)29(36)38-3/h4-11,13-16,25H,12H2,1-3H3,(H,31,35). The third-order valence-corrected chi connectivity index (χ3v) is 7.10. The second-order valence-corrected chi connectivity index (χ2v) is 9.87. The van der Waals surface area contributed by atoms with Crippen molar-refractivity contribution in [2.75, 3.05) is 19.5 Å². The van der Waals surface area contributed by atoms with Crippen molar-refractivity contribution < 1.29 is 23.9 Å². The highest BCUT2D eigenvalue weighted by Crippen LogP contribution is 2.34. The lowest BCUT2D eigenvalue weighted by molar-refractivity contribution is -0.119. The molecule has 200 valence electrons. The van der Waals surface area contributed by atoms with E-state index in [1.54, 1.807) is 30.3 Å². The van der Waals surface area contributed by atoms with Gasteiger partial charge in [0, 0.05) is 34.3 Å². The molecule has 1 amide bonds. The molecular weight excluding hydrogens is 540 g/mol. The largest absolute Gasteiger partial charge is 0.495 e. The van der Waals surface area contributed by atoms with Crippen molar-refractivity contribution in [3.8, 4) is 16.9 Å². The number of rotatable bonds is 9. The molecule has 0 saturated heterocycles. The van der Waals surface area contributed by atoms with Crippen LogP contribution in [0.5, 0.6) is 5.75 Å². The number of carbonyl (C=O) groups excluding carboxylic acids is 3. The quantitative estimate of drug-likeness (QED) is 0.208. The van der Waals surface area contributed by atoms with Gasteiger partial charge in [-0.05, 0) is 77.3 Å². The number of methoxy groups -OCH3 is 2. The SMILES string of the molecule is COC(=O)c1ccc(NC(=O)C(Cc2ccsc2)n2cc(OC)c(-c3cc(Cl)ccc3C(C)=O)cc2=O)cc1. The van der Waals surface area contributed by atoms with Crippen LogP contribution in [0.2, 0.25) is 5.02 Å². The van der Waals surface area contributed by atoms with Gasteiger partial charge in [0.15, 0.2) is 5.78 Å². The average Bonchev–Trinajstić information content (AvgIpc) is 3.45. The van der Waals surface area contributed by atoms with Crippen molar-refractivity contribution in [3.63, 3.8) is 0 Å². The van der Waals surface area contributed by atoms with E-state index < -0.39 is 23.5 Å². The predicted molar refractivity (Wildman–Crippen MR) is 151 cm³/mol. The Balaban J connectivity index is 1.76. The van der Waals surface area contributed by atoms with Crippen molar-refractivity contribution >= 4 is 46.3 Å². The molecule has 2 aromatic heterocycles. The van der Waals surface area contributed by atoms with Crippen molar-refractivity contribution in [2.24, 2.45) is 0 Å². The summed E-state index contributed by atoms with van der Waals surface area (Å²) in [5.41, 5.74) is 2.44. The van der Waals surface area contributed by atoms with E-state index in [0.717, 1.165) is 5.56 Å². The number of aromatic nitrogens is 1. The van der Waals surface area contributed by atoms with E-state index in [-0.39, 0.29) is 12.2 Å². The zero-order valence-corrected chi connectivity index (χ0v) is 23.0. The van der Waals surface area contributed by atoms with E-state index in [1.165, 1.54) is 61.4 Å². The van der Waals surface area contributed by atoms with Crippen LogP contribution in [-0.4, -0.2) is 36.4 Å². The van der Waals surface area contributed by atoms with Crippen molar-refractivity contribution in [1.82, 2.24) is 4.57 Å². The minimum atomic E-state index is -0.929. The number of anilines is 1. The van der Waals surface area contributed by atoms with Crippen LogP contribution in [-0.2, 0) is 16.0 Å². The third kappa shape index (κ3) is 6.27. The first kappa shape index (κ1) is 27.8. The van der Waals surface area contributed by atoms with E-state index in [9.17, 15) is 19.2 Å². The zero-order valence-electron chi connectivity index (χ0n) is 21.4. The number of nitrogens with one attached hydrogen (secondary N) is 1. The lowest BCUT2D eigenvalue weighted by atomic mass is 9.97. The molecule has 0 bridgehead atoms. The highest BCUT2D eigenvalue weighted by Gasteiger charge is 2.25. The fourth-order valence-corrected chi connectivity index (χ4v) is 5.03. The first-order valence-electron chi connectivity index (χ1n) is 11.8. The number of hydrogen-bond acceptors (Lipinski definition) is 7. The van der Waals surface area contributed by atoms with Gasteiger partial charge in [-0.25, -0.2) is 4.79 Å². The number of pyridine rings is 1. The maximum absolute atomic E-state index is 13.5. The Bertz CT molecular complexity index is 1580. The first-order valence-corrected chi connectivity index (χ1v) is 13.1. The van der Waals surface area contributed by atoms with Gasteiger partial charge >= 0.3 is 5.97 Å². The predicted octanol–water partition coefficient (Wildman–Crippen LogP) is 5.65. The number of halogens is 1. The summed E-state index contributed by atoms with van der Waals surface area (Å²) in [4.78, 5) is 51.1. The molecule has 8 nitrogen and oxygen atoms in total. The van der Waals surface area contributed by atoms with E-state index >= 15 is 0 Å². The summed E-state index contributed by atoms with van der Waals surface area (Å²) in [5.74, 6) is -0.823. The molecule has 0 fully saturated rings. The van der Waals surface area contributed by atoms with E-state index in [0.29, 0.717) is 38.7 Å². The molecule has 1 N–H and O–H groups in total. The molecule has 1 atom stereocenters. The summed E-state index contributed by atoms with van der Waals surface area (Å²) >= 11 is 7.69. The summed E-state index contributed by atoms with van der Waals surface area (Å²) < 4.78 is 11.6. The highest BCUT2D eigenvalue weighted by atomic mass is 35.5. The minimum absolute atomic E-state index is 0.194. The van der Waals surface area contributed by atoms with Crippen LogP contribution in [0.1, 0.15) is 39.2 Å². The topological polar surface area (TPSA) is 104 Å². The van der Waals surface area contributed by atoms with Crippen molar-refractivity contribution in [3.05, 3.63) is 104 Å². The molecule has 1 unspecified atom stereocenters. The second-order valence-electron chi connectivity index (χ2n) is 8.66. The van der Waals surface area contributed by atoms with Crippen LogP contribution >= 0.6 is 22.9 Å². The molecule has 0 spiro atoms. The van der Waals surface area contributed by atoms with Gasteiger partial charge in [-0.3, -0.25) is 19.0 Å². The minimum Gasteiger partial charge on any atom is -0.495 e. The number of benzene rings is 2. The van der Waals surface area contributed by atoms with Crippen LogP contribution in [0, 0.1) is 0 Å². The van der Waals surface area contributed by atoms with Crippen LogP contribution in [0.25, 0.3) is 11.1 Å². The molecule has 10 heteroatoms. The Kier molecular flexibility index (Phi) is 8.63. The summed E-state index contributed by atoms with van der Waals surface area (Å²) in [6.07, 6.45) is 1.72. The fourth-order valence-electron chi connectivity index (χ4n) is 4.17. The lowest BCUT2D eigenvalue weighted by Gasteiger charge is -2.21. The Hall–Kier alpha value is -4.21. The maximum atomic E-state index is 13.5. The lowest BCUT2D eigenvalue weighted by Crippen LogP contribution is -2.34. The molecule has 0 radical (unpaired) electrons. The van der Waals surface area contributed by atoms with Gasteiger partial charge in [-0.15, -0.1) is 0 Å². The van der Waals surface area contributed by atoms with Crippen LogP contribution in [0.4, 0.5) is 5.69 Å². The molecule has 0 aliphatic carbocycles. The number of nitrogens with zero attached hydrogens (tertiary/aromatic N) is 1. The Morgan fingerprint density at radius 3 is 2.38 bits per heavy atom. The van der Waals surface area contributed by atoms with Crippen molar-refractivity contribution in [1.29, 1.82) is 0 Å². The normalized spacial score (nSPS) is 11.5.